The quantitative estimate of drug-likeness (QED) is 0.814. The van der Waals surface area contributed by atoms with Crippen LogP contribution in [0.1, 0.15) is 69.8 Å². The number of anilines is 1. The second-order valence-electron chi connectivity index (χ2n) is 4.85. The van der Waals surface area contributed by atoms with E-state index in [1.165, 1.54) is 18.5 Å². The zero-order chi connectivity index (χ0) is 12.3. The molecule has 0 unspecified atom stereocenters. The Morgan fingerprint density at radius 3 is 2.47 bits per heavy atom. The second-order valence-corrected chi connectivity index (χ2v) is 4.85. The Balaban J connectivity index is 2.29. The molecule has 0 spiro atoms. The summed E-state index contributed by atoms with van der Waals surface area (Å²) >= 11 is 0. The fraction of sp³-hybridized carbons (Fsp3) is 0.714. The summed E-state index contributed by atoms with van der Waals surface area (Å²) in [6.45, 7) is 7.46. The van der Waals surface area contributed by atoms with Crippen molar-refractivity contribution in [1.29, 1.82) is 0 Å². The highest BCUT2D eigenvalue weighted by molar-refractivity contribution is 5.38. The third kappa shape index (κ3) is 2.96. The third-order valence-corrected chi connectivity index (χ3v) is 3.47. The molecule has 3 nitrogen and oxygen atoms in total. The van der Waals surface area contributed by atoms with Crippen molar-refractivity contribution in [2.45, 2.75) is 58.3 Å². The molecule has 3 heteroatoms. The topological polar surface area (TPSA) is 37.8 Å². The first-order valence-corrected chi connectivity index (χ1v) is 6.91. The Morgan fingerprint density at radius 2 is 1.94 bits per heavy atom. The van der Waals surface area contributed by atoms with Crippen LogP contribution in [0.5, 0.6) is 0 Å². The van der Waals surface area contributed by atoms with Gasteiger partial charge in [0.15, 0.2) is 0 Å². The van der Waals surface area contributed by atoms with Crippen LogP contribution in [0, 0.1) is 0 Å². The van der Waals surface area contributed by atoms with E-state index in [1.54, 1.807) is 0 Å². The number of hydrogen-bond donors (Lipinski definition) is 1. The molecule has 1 aliphatic carbocycles. The van der Waals surface area contributed by atoms with E-state index in [1.807, 2.05) is 0 Å². The molecule has 1 N–H and O–H groups in total. The molecular formula is C14H23N3. The second kappa shape index (κ2) is 5.48. The molecule has 94 valence electrons. The van der Waals surface area contributed by atoms with Gasteiger partial charge in [-0.3, -0.25) is 0 Å². The summed E-state index contributed by atoms with van der Waals surface area (Å²) in [6, 6.07) is 2.13. The molecule has 1 aliphatic rings. The van der Waals surface area contributed by atoms with Crippen LogP contribution in [0.25, 0.3) is 0 Å². The van der Waals surface area contributed by atoms with Crippen LogP contribution in [0.3, 0.4) is 0 Å². The molecule has 1 fully saturated rings. The number of nitrogens with one attached hydrogen (secondary N) is 1. The molecule has 17 heavy (non-hydrogen) atoms. The molecule has 0 amide bonds. The summed E-state index contributed by atoms with van der Waals surface area (Å²) in [7, 11) is 0. The van der Waals surface area contributed by atoms with E-state index in [9.17, 15) is 0 Å². The van der Waals surface area contributed by atoms with E-state index in [2.05, 4.69) is 37.1 Å². The predicted octanol–water partition coefficient (Wildman–Crippen LogP) is 3.69. The first kappa shape index (κ1) is 12.3. The monoisotopic (exact) mass is 233 g/mol. The zero-order valence-electron chi connectivity index (χ0n) is 11.2. The average molecular weight is 233 g/mol. The first-order chi connectivity index (χ1) is 8.28. The highest BCUT2D eigenvalue weighted by atomic mass is 15.0. The molecule has 2 rings (SSSR count). The van der Waals surface area contributed by atoms with Gasteiger partial charge >= 0.3 is 0 Å². The summed E-state index contributed by atoms with van der Waals surface area (Å²) in [6.07, 6.45) is 4.84. The van der Waals surface area contributed by atoms with E-state index in [4.69, 9.17) is 4.98 Å². The normalized spacial score (nSPS) is 15.3. The molecule has 0 saturated heterocycles. The van der Waals surface area contributed by atoms with Crippen molar-refractivity contribution < 1.29 is 0 Å². The van der Waals surface area contributed by atoms with Gasteiger partial charge in [0.05, 0.1) is 0 Å². The van der Waals surface area contributed by atoms with Crippen molar-refractivity contribution in [3.05, 3.63) is 17.6 Å². The van der Waals surface area contributed by atoms with Crippen LogP contribution in [0.4, 0.5) is 5.82 Å². The summed E-state index contributed by atoms with van der Waals surface area (Å²) in [4.78, 5) is 9.42. The van der Waals surface area contributed by atoms with Crippen LogP contribution in [-0.2, 0) is 0 Å². The van der Waals surface area contributed by atoms with Crippen LogP contribution >= 0.6 is 0 Å². The lowest BCUT2D eigenvalue weighted by Gasteiger charge is -2.14. The van der Waals surface area contributed by atoms with Crippen molar-refractivity contribution in [1.82, 2.24) is 9.97 Å². The van der Waals surface area contributed by atoms with Gasteiger partial charge in [-0.1, -0.05) is 13.8 Å². The van der Waals surface area contributed by atoms with Crippen LogP contribution < -0.4 is 5.32 Å². The van der Waals surface area contributed by atoms with E-state index in [0.29, 0.717) is 11.8 Å². The largest absolute Gasteiger partial charge is 0.370 e. The fourth-order valence-electron chi connectivity index (χ4n) is 2.18. The Morgan fingerprint density at radius 1 is 1.24 bits per heavy atom. The SMILES string of the molecule is CCNc1cc(C2CC2)nc(C(CC)CC)n1. The molecule has 0 aliphatic heterocycles. The standard InChI is InChI=1S/C14H23N3/c1-4-10(5-2)14-16-12(11-7-8-11)9-13(17-14)15-6-3/h9-11H,4-8H2,1-3H3,(H,15,16,17). The summed E-state index contributed by atoms with van der Waals surface area (Å²) in [5.74, 6) is 3.25. The van der Waals surface area contributed by atoms with Gasteiger partial charge in [-0.2, -0.15) is 0 Å². The number of hydrogen-bond acceptors (Lipinski definition) is 3. The molecular weight excluding hydrogens is 210 g/mol. The Labute approximate surface area is 104 Å². The van der Waals surface area contributed by atoms with Gasteiger partial charge in [-0.15, -0.1) is 0 Å². The third-order valence-electron chi connectivity index (χ3n) is 3.47. The summed E-state index contributed by atoms with van der Waals surface area (Å²) in [5, 5.41) is 3.32. The maximum Gasteiger partial charge on any atom is 0.134 e. The Hall–Kier alpha value is -1.12. The summed E-state index contributed by atoms with van der Waals surface area (Å²) < 4.78 is 0. The maximum atomic E-state index is 4.77. The van der Waals surface area contributed by atoms with E-state index >= 15 is 0 Å². The molecule has 1 saturated carbocycles. The van der Waals surface area contributed by atoms with Gasteiger partial charge in [0.1, 0.15) is 11.6 Å². The highest BCUT2D eigenvalue weighted by Crippen LogP contribution is 2.40. The number of aromatic nitrogens is 2. The molecule has 1 aromatic heterocycles. The Kier molecular flexibility index (Phi) is 3.97. The average Bonchev–Trinajstić information content (AvgIpc) is 3.15. The van der Waals surface area contributed by atoms with Crippen molar-refractivity contribution >= 4 is 5.82 Å². The van der Waals surface area contributed by atoms with E-state index < -0.39 is 0 Å². The molecule has 1 heterocycles. The van der Waals surface area contributed by atoms with Gasteiger partial charge in [0, 0.05) is 30.1 Å². The lowest BCUT2D eigenvalue weighted by molar-refractivity contribution is 0.598. The molecule has 1 aromatic rings. The molecule has 0 bridgehead atoms. The number of nitrogens with zero attached hydrogens (tertiary/aromatic N) is 2. The zero-order valence-corrected chi connectivity index (χ0v) is 11.2. The minimum Gasteiger partial charge on any atom is -0.370 e. The van der Waals surface area contributed by atoms with Crippen molar-refractivity contribution in [3.8, 4) is 0 Å². The molecule has 0 aromatic carbocycles. The maximum absolute atomic E-state index is 4.77. The van der Waals surface area contributed by atoms with Crippen LogP contribution in [0.2, 0.25) is 0 Å². The highest BCUT2D eigenvalue weighted by Gasteiger charge is 2.26. The van der Waals surface area contributed by atoms with Crippen molar-refractivity contribution in [3.63, 3.8) is 0 Å². The van der Waals surface area contributed by atoms with Gasteiger partial charge in [0.25, 0.3) is 0 Å². The van der Waals surface area contributed by atoms with Gasteiger partial charge in [-0.05, 0) is 32.6 Å². The van der Waals surface area contributed by atoms with Crippen LogP contribution in [-0.4, -0.2) is 16.5 Å². The van der Waals surface area contributed by atoms with Gasteiger partial charge in [-0.25, -0.2) is 9.97 Å². The summed E-state index contributed by atoms with van der Waals surface area (Å²) in [5.41, 5.74) is 1.25. The molecule has 0 radical (unpaired) electrons. The smallest absolute Gasteiger partial charge is 0.134 e. The lowest BCUT2D eigenvalue weighted by atomic mass is 10.0. The van der Waals surface area contributed by atoms with Crippen molar-refractivity contribution in [2.75, 3.05) is 11.9 Å². The Bertz CT molecular complexity index is 368. The van der Waals surface area contributed by atoms with E-state index in [-0.39, 0.29) is 0 Å². The lowest BCUT2D eigenvalue weighted by Crippen LogP contribution is -2.09. The minimum absolute atomic E-state index is 0.506. The van der Waals surface area contributed by atoms with Gasteiger partial charge < -0.3 is 5.32 Å². The number of rotatable bonds is 6. The van der Waals surface area contributed by atoms with Crippen LogP contribution in [0.15, 0.2) is 6.07 Å². The fourth-order valence-corrected chi connectivity index (χ4v) is 2.18. The van der Waals surface area contributed by atoms with Crippen molar-refractivity contribution in [2.24, 2.45) is 0 Å². The molecule has 0 atom stereocenters. The van der Waals surface area contributed by atoms with E-state index in [0.717, 1.165) is 31.0 Å². The predicted molar refractivity (Wildman–Crippen MR) is 71.5 cm³/mol. The minimum atomic E-state index is 0.506. The first-order valence-electron chi connectivity index (χ1n) is 6.91. The van der Waals surface area contributed by atoms with Gasteiger partial charge in [0.2, 0.25) is 0 Å².